The summed E-state index contributed by atoms with van der Waals surface area (Å²) in [4.78, 5) is 74.1. The number of carbonyl (C=O) groups is 2. The minimum absolute atomic E-state index is 0.00794. The van der Waals surface area contributed by atoms with Crippen molar-refractivity contribution in [1.82, 2.24) is 78.9 Å². The van der Waals surface area contributed by atoms with Crippen LogP contribution < -0.4 is 20.1 Å². The number of pyridine rings is 2. The fourth-order valence-corrected chi connectivity index (χ4v) is 9.56. The number of aryl methyl sites for hydroxylation is 1. The lowest BCUT2D eigenvalue weighted by molar-refractivity contribution is -0.129. The molecule has 10 aromatic rings. The standard InChI is InChI=1S/C55H46F2N18O4/c1-5-47(76)73-17-12-34(21-31(73)3)53-59-26-41-50(70-53)54(63-27-60-41)66-38-6-7-42(32(4)49(38)57)78-36-14-19-75-46(23-36)68-44(71-75)8-9-48(77)72-15-10-33(11-16-72)52-58-25-40-51(69-52)55(64-28-61-40)67-39-20-30(2)43(24-37(39)56)79-35-13-18-74-45(22-35)62-29-65-74/h5-10,13-14,18-20,22-29,31,34H,1,11-12,15-17,21H2,2-4H3,(H,60,63,66)(H,61,64,67)/b9-8-/t31-,34?/m0/s1. The minimum Gasteiger partial charge on any atom is -0.457 e. The molecule has 394 valence electrons. The van der Waals surface area contributed by atoms with Gasteiger partial charge >= 0.3 is 0 Å². The van der Waals surface area contributed by atoms with Crippen LogP contribution in [0.15, 0.2) is 117 Å². The normalized spacial score (nSPS) is 15.7. The lowest BCUT2D eigenvalue weighted by atomic mass is 9.90. The number of carbonyl (C=O) groups excluding carboxylic acids is 2. The summed E-state index contributed by atoms with van der Waals surface area (Å²) < 4.78 is 47.0. The molecule has 1 unspecified atom stereocenters. The number of nitrogens with one attached hydrogen (secondary N) is 2. The van der Waals surface area contributed by atoms with E-state index in [4.69, 9.17) is 19.4 Å². The van der Waals surface area contributed by atoms with Crippen LogP contribution in [0.25, 0.3) is 45.0 Å². The Labute approximate surface area is 447 Å². The number of rotatable bonds is 13. The van der Waals surface area contributed by atoms with E-state index in [-0.39, 0.29) is 52.3 Å². The molecule has 2 N–H and O–H groups in total. The molecule has 0 saturated carbocycles. The Morgan fingerprint density at radius 2 is 1.49 bits per heavy atom. The van der Waals surface area contributed by atoms with Gasteiger partial charge in [-0.1, -0.05) is 12.7 Å². The van der Waals surface area contributed by atoms with E-state index in [0.717, 1.165) is 5.57 Å². The summed E-state index contributed by atoms with van der Waals surface area (Å²) in [7, 11) is 0. The van der Waals surface area contributed by atoms with Gasteiger partial charge < -0.3 is 29.9 Å². The van der Waals surface area contributed by atoms with Crippen LogP contribution in [-0.2, 0) is 9.59 Å². The van der Waals surface area contributed by atoms with E-state index in [1.165, 1.54) is 43.3 Å². The van der Waals surface area contributed by atoms with Crippen molar-refractivity contribution in [3.63, 3.8) is 0 Å². The van der Waals surface area contributed by atoms with Crippen molar-refractivity contribution >= 4 is 79.8 Å². The topological polar surface area (TPSA) is 247 Å². The number of likely N-dealkylation sites (tertiary alicyclic amines) is 1. The molecule has 1 fully saturated rings. The van der Waals surface area contributed by atoms with Crippen molar-refractivity contribution in [2.45, 2.75) is 52.0 Å². The summed E-state index contributed by atoms with van der Waals surface area (Å²) in [6, 6.07) is 12.9. The molecule has 12 rings (SSSR count). The van der Waals surface area contributed by atoms with Crippen LogP contribution in [0.5, 0.6) is 23.0 Å². The predicted molar refractivity (Wildman–Crippen MR) is 287 cm³/mol. The van der Waals surface area contributed by atoms with Gasteiger partial charge in [0.25, 0.3) is 0 Å². The molecule has 0 spiro atoms. The van der Waals surface area contributed by atoms with E-state index in [2.05, 4.69) is 67.3 Å². The van der Waals surface area contributed by atoms with E-state index in [1.54, 1.807) is 93.0 Å². The summed E-state index contributed by atoms with van der Waals surface area (Å²) in [5.41, 5.74) is 4.89. The van der Waals surface area contributed by atoms with E-state index in [0.29, 0.717) is 118 Å². The van der Waals surface area contributed by atoms with Gasteiger partial charge in [0.1, 0.15) is 75.7 Å². The molecule has 24 heteroatoms. The number of nitrogens with zero attached hydrogens (tertiary/aromatic N) is 16. The van der Waals surface area contributed by atoms with Gasteiger partial charge in [0.15, 0.2) is 40.4 Å². The number of aromatic nitrogens is 14. The third kappa shape index (κ3) is 10.0. The number of hydrogen-bond donors (Lipinski definition) is 2. The number of hydrogen-bond acceptors (Lipinski definition) is 18. The second-order valence-corrected chi connectivity index (χ2v) is 18.9. The number of anilines is 4. The molecule has 2 aliphatic heterocycles. The molecule has 0 aliphatic carbocycles. The highest BCUT2D eigenvalue weighted by Gasteiger charge is 2.30. The third-order valence-electron chi connectivity index (χ3n) is 13.8. The summed E-state index contributed by atoms with van der Waals surface area (Å²) in [5.74, 6) is 1.97. The smallest absolute Gasteiger partial charge is 0.246 e. The van der Waals surface area contributed by atoms with Crippen LogP contribution in [0.3, 0.4) is 0 Å². The van der Waals surface area contributed by atoms with Crippen LogP contribution in [0.1, 0.15) is 60.7 Å². The number of halogens is 2. The second-order valence-electron chi connectivity index (χ2n) is 18.9. The number of piperidine rings is 1. The fourth-order valence-electron chi connectivity index (χ4n) is 9.56. The minimum atomic E-state index is -0.567. The largest absolute Gasteiger partial charge is 0.457 e. The van der Waals surface area contributed by atoms with Crippen LogP contribution in [-0.4, -0.2) is 116 Å². The zero-order chi connectivity index (χ0) is 54.3. The average Bonchev–Trinajstić information content (AvgIpc) is 4.12. The monoisotopic (exact) mass is 1060 g/mol. The molecule has 2 amide bonds. The van der Waals surface area contributed by atoms with Crippen LogP contribution in [0.4, 0.5) is 31.8 Å². The fraction of sp³-hybridized carbons (Fsp3) is 0.200. The van der Waals surface area contributed by atoms with Crippen molar-refractivity contribution < 1.29 is 27.8 Å². The van der Waals surface area contributed by atoms with E-state index < -0.39 is 11.6 Å². The lowest BCUT2D eigenvalue weighted by Gasteiger charge is -2.36. The molecular weight excluding hydrogens is 1010 g/mol. The Kier molecular flexibility index (Phi) is 13.0. The van der Waals surface area contributed by atoms with Gasteiger partial charge in [-0.25, -0.2) is 67.7 Å². The van der Waals surface area contributed by atoms with Gasteiger partial charge in [0.05, 0.1) is 23.8 Å². The van der Waals surface area contributed by atoms with Gasteiger partial charge in [-0.15, -0.1) is 5.10 Å². The Hall–Kier alpha value is -10.3. The summed E-state index contributed by atoms with van der Waals surface area (Å²) >= 11 is 0. The van der Waals surface area contributed by atoms with Gasteiger partial charge in [-0.3, -0.25) is 9.59 Å². The van der Waals surface area contributed by atoms with E-state index in [9.17, 15) is 9.59 Å². The molecule has 0 radical (unpaired) electrons. The van der Waals surface area contributed by atoms with Crippen molar-refractivity contribution in [3.8, 4) is 23.0 Å². The molecular formula is C55H46F2N18O4. The molecule has 2 atom stereocenters. The van der Waals surface area contributed by atoms with Crippen molar-refractivity contribution in [1.29, 1.82) is 0 Å². The molecule has 1 saturated heterocycles. The Morgan fingerprint density at radius 1 is 0.759 bits per heavy atom. The summed E-state index contributed by atoms with van der Waals surface area (Å²) in [6.07, 6.45) is 18.8. The van der Waals surface area contributed by atoms with Crippen molar-refractivity contribution in [3.05, 3.63) is 157 Å². The maximum Gasteiger partial charge on any atom is 0.246 e. The third-order valence-corrected chi connectivity index (χ3v) is 13.8. The highest BCUT2D eigenvalue weighted by molar-refractivity contribution is 5.92. The van der Waals surface area contributed by atoms with Gasteiger partial charge in [0, 0.05) is 73.8 Å². The van der Waals surface area contributed by atoms with Gasteiger partial charge in [-0.2, -0.15) is 5.10 Å². The maximum atomic E-state index is 16.1. The first kappa shape index (κ1) is 49.6. The highest BCUT2D eigenvalue weighted by atomic mass is 19.1. The molecule has 0 bridgehead atoms. The van der Waals surface area contributed by atoms with Crippen molar-refractivity contribution in [2.24, 2.45) is 0 Å². The van der Waals surface area contributed by atoms with Gasteiger partial charge in [0.2, 0.25) is 11.8 Å². The maximum absolute atomic E-state index is 16.1. The molecule has 10 heterocycles. The number of fused-ring (bicyclic) bond motifs is 4. The van der Waals surface area contributed by atoms with Crippen LogP contribution in [0.2, 0.25) is 0 Å². The number of amides is 2. The first-order chi connectivity index (χ1) is 38.4. The van der Waals surface area contributed by atoms with Crippen LogP contribution >= 0.6 is 0 Å². The zero-order valence-electron chi connectivity index (χ0n) is 42.6. The van der Waals surface area contributed by atoms with Crippen LogP contribution in [0, 0.1) is 25.5 Å². The first-order valence-electron chi connectivity index (χ1n) is 25.1. The molecule has 22 nitrogen and oxygen atoms in total. The van der Waals surface area contributed by atoms with Gasteiger partial charge in [-0.05, 0) is 93.7 Å². The Balaban J connectivity index is 0.676. The highest BCUT2D eigenvalue weighted by Crippen LogP contribution is 2.36. The summed E-state index contributed by atoms with van der Waals surface area (Å²) in [5, 5.41) is 14.7. The second kappa shape index (κ2) is 20.7. The molecule has 8 aromatic heterocycles. The average molecular weight is 1060 g/mol. The number of ether oxygens (including phenoxy) is 2. The molecule has 2 aromatic carbocycles. The molecule has 2 aliphatic rings. The van der Waals surface area contributed by atoms with E-state index >= 15 is 8.78 Å². The molecule has 79 heavy (non-hydrogen) atoms. The summed E-state index contributed by atoms with van der Waals surface area (Å²) in [6.45, 7) is 10.3. The predicted octanol–water partition coefficient (Wildman–Crippen LogP) is 8.81. The number of benzene rings is 2. The quantitative estimate of drug-likeness (QED) is 0.102. The van der Waals surface area contributed by atoms with Crippen molar-refractivity contribution in [2.75, 3.05) is 30.3 Å². The Morgan fingerprint density at radius 3 is 2.25 bits per heavy atom. The lowest BCUT2D eigenvalue weighted by Crippen LogP contribution is -2.43. The Bertz CT molecular complexity index is 4150. The van der Waals surface area contributed by atoms with E-state index in [1.807, 2.05) is 19.9 Å². The first-order valence-corrected chi connectivity index (χ1v) is 25.1. The SMILES string of the molecule is C=CC(=O)N1CCC(c2ncc3ncnc(Nc4ccc(Oc5ccn6nc(/C=C\C(=O)N7CC=C(c8ncc9ncnc(Nc%10cc(C)c(Oc%11ccn%12ncnc%12c%11)cc%10F)c9n8)CC7)nc6c5)c(C)c4F)c3n2)C[C@@H]1C. The zero-order valence-corrected chi connectivity index (χ0v) is 42.6.